The number of allylic oxidation sites excluding steroid dienone is 1. The number of carbonyl (C=O) groups is 1. The van der Waals surface area contributed by atoms with E-state index in [1.165, 1.54) is 22.3 Å². The lowest BCUT2D eigenvalue weighted by molar-refractivity contribution is -0.113. The second-order valence-corrected chi connectivity index (χ2v) is 11.4. The third-order valence-electron chi connectivity index (χ3n) is 7.20. The summed E-state index contributed by atoms with van der Waals surface area (Å²) in [6.45, 7) is 10.5. The molecule has 2 heterocycles. The van der Waals surface area contributed by atoms with Crippen molar-refractivity contribution in [2.75, 3.05) is 17.7 Å². The van der Waals surface area contributed by atoms with Gasteiger partial charge in [-0.25, -0.2) is 4.68 Å². The Kier molecular flexibility index (Phi) is 7.98. The van der Waals surface area contributed by atoms with Crippen LogP contribution in [0.15, 0.2) is 83.2 Å². The number of anilines is 2. The zero-order valence-corrected chi connectivity index (χ0v) is 24.6. The lowest BCUT2D eigenvalue weighted by Crippen LogP contribution is -2.31. The van der Waals surface area contributed by atoms with Gasteiger partial charge in [-0.05, 0) is 73.2 Å². The van der Waals surface area contributed by atoms with Crippen LogP contribution >= 0.6 is 11.8 Å². The van der Waals surface area contributed by atoms with Gasteiger partial charge in [-0.3, -0.25) is 4.79 Å². The number of nitrogens with zero attached hydrogens (tertiary/aromatic N) is 3. The second-order valence-electron chi connectivity index (χ2n) is 10.5. The first-order valence-corrected chi connectivity index (χ1v) is 14.4. The topological polar surface area (TPSA) is 81.1 Å². The molecule has 0 unspecified atom stereocenters. The Morgan fingerprint density at radius 1 is 1.05 bits per heavy atom. The molecule has 1 aliphatic heterocycles. The van der Waals surface area contributed by atoms with Crippen molar-refractivity contribution in [1.29, 1.82) is 0 Å². The van der Waals surface area contributed by atoms with Crippen LogP contribution in [-0.2, 0) is 10.5 Å². The molecule has 0 fully saturated rings. The third kappa shape index (κ3) is 5.77. The van der Waals surface area contributed by atoms with Gasteiger partial charge in [-0.2, -0.15) is 4.98 Å². The molecule has 0 saturated heterocycles. The van der Waals surface area contributed by atoms with Gasteiger partial charge in [0.15, 0.2) is 0 Å². The number of aryl methyl sites for hydroxylation is 2. The Labute approximate surface area is 240 Å². The van der Waals surface area contributed by atoms with E-state index in [-0.39, 0.29) is 5.91 Å². The van der Waals surface area contributed by atoms with E-state index in [9.17, 15) is 4.79 Å². The average molecular weight is 554 g/mol. The number of ether oxygens (including phenoxy) is 1. The Balaban J connectivity index is 1.48. The summed E-state index contributed by atoms with van der Waals surface area (Å²) < 4.78 is 7.10. The fourth-order valence-electron chi connectivity index (χ4n) is 4.88. The van der Waals surface area contributed by atoms with Crippen molar-refractivity contribution in [3.63, 3.8) is 0 Å². The molecule has 8 heteroatoms. The Bertz CT molecular complexity index is 1560. The average Bonchev–Trinajstić information content (AvgIpc) is 3.34. The van der Waals surface area contributed by atoms with Crippen molar-refractivity contribution in [1.82, 2.24) is 14.8 Å². The molecule has 0 saturated carbocycles. The van der Waals surface area contributed by atoms with Gasteiger partial charge in [-0.15, -0.1) is 5.10 Å². The number of hydrogen-bond acceptors (Lipinski definition) is 6. The lowest BCUT2D eigenvalue weighted by atomic mass is 9.93. The smallest absolute Gasteiger partial charge is 0.255 e. The highest BCUT2D eigenvalue weighted by atomic mass is 32.2. The van der Waals surface area contributed by atoms with Crippen molar-refractivity contribution < 1.29 is 9.53 Å². The SMILES string of the molecule is COc1ccc(NC(=O)C2=C(C)Nc3nc(SCc4ccc(C)cc4C)nn3[C@H]2c2ccc(C(C)C)cc2)cc1. The number of hydrogen-bond donors (Lipinski definition) is 2. The summed E-state index contributed by atoms with van der Waals surface area (Å²) >= 11 is 1.59. The molecule has 1 atom stereocenters. The van der Waals surface area contributed by atoms with E-state index in [4.69, 9.17) is 14.8 Å². The van der Waals surface area contributed by atoms with Crippen LogP contribution in [0.4, 0.5) is 11.6 Å². The Morgan fingerprint density at radius 2 is 1.77 bits per heavy atom. The molecule has 5 rings (SSSR count). The molecule has 0 radical (unpaired) electrons. The van der Waals surface area contributed by atoms with Crippen molar-refractivity contribution in [2.24, 2.45) is 0 Å². The zero-order valence-electron chi connectivity index (χ0n) is 23.8. The lowest BCUT2D eigenvalue weighted by Gasteiger charge is -2.29. The van der Waals surface area contributed by atoms with Crippen LogP contribution in [0.3, 0.4) is 0 Å². The summed E-state index contributed by atoms with van der Waals surface area (Å²) in [5, 5.41) is 12.0. The molecule has 7 nitrogen and oxygen atoms in total. The molecule has 1 amide bonds. The predicted octanol–water partition coefficient (Wildman–Crippen LogP) is 7.25. The van der Waals surface area contributed by atoms with Gasteiger partial charge in [0.1, 0.15) is 11.8 Å². The fourth-order valence-corrected chi connectivity index (χ4v) is 5.79. The largest absolute Gasteiger partial charge is 0.497 e. The quantitative estimate of drug-likeness (QED) is 0.224. The number of amides is 1. The highest BCUT2D eigenvalue weighted by Crippen LogP contribution is 2.37. The monoisotopic (exact) mass is 553 g/mol. The van der Waals surface area contributed by atoms with Crippen molar-refractivity contribution in [3.05, 3.63) is 106 Å². The normalized spacial score (nSPS) is 14.6. The molecular formula is C32H35N5O2S. The number of benzene rings is 3. The maximum atomic E-state index is 13.8. The molecule has 40 heavy (non-hydrogen) atoms. The van der Waals surface area contributed by atoms with Gasteiger partial charge in [0.05, 0.1) is 12.7 Å². The number of thioether (sulfide) groups is 1. The minimum absolute atomic E-state index is 0.196. The zero-order chi connectivity index (χ0) is 28.4. The minimum atomic E-state index is -0.432. The van der Waals surface area contributed by atoms with Gasteiger partial charge in [-0.1, -0.05) is 73.6 Å². The number of methoxy groups -OCH3 is 1. The predicted molar refractivity (Wildman–Crippen MR) is 162 cm³/mol. The summed E-state index contributed by atoms with van der Waals surface area (Å²) in [5.41, 5.74) is 8.01. The first kappa shape index (κ1) is 27.5. The van der Waals surface area contributed by atoms with Crippen LogP contribution in [-0.4, -0.2) is 27.8 Å². The standard InChI is InChI=1S/C32H35N5O2S/c1-19(2)23-9-11-24(12-10-23)29-28(30(38)34-26-13-15-27(39-6)16-14-26)22(5)33-31-35-32(36-37(29)31)40-18-25-8-7-20(3)17-21(25)4/h7-17,19,29H,18H2,1-6H3,(H,34,38)(H,33,35,36)/t29-/m0/s1. The molecule has 4 aromatic rings. The summed E-state index contributed by atoms with van der Waals surface area (Å²) in [6.07, 6.45) is 0. The highest BCUT2D eigenvalue weighted by Gasteiger charge is 2.34. The molecule has 0 bridgehead atoms. The molecule has 0 aliphatic carbocycles. The van der Waals surface area contributed by atoms with E-state index < -0.39 is 6.04 Å². The summed E-state index contributed by atoms with van der Waals surface area (Å²) in [4.78, 5) is 18.6. The summed E-state index contributed by atoms with van der Waals surface area (Å²) in [5.74, 6) is 2.33. The van der Waals surface area contributed by atoms with Gasteiger partial charge in [0, 0.05) is 17.1 Å². The van der Waals surface area contributed by atoms with Gasteiger partial charge in [0.25, 0.3) is 5.91 Å². The fraction of sp³-hybridized carbons (Fsp3) is 0.281. The number of rotatable bonds is 8. The minimum Gasteiger partial charge on any atom is -0.497 e. The van der Waals surface area contributed by atoms with Crippen molar-refractivity contribution in [3.8, 4) is 5.75 Å². The molecule has 206 valence electrons. The third-order valence-corrected chi connectivity index (χ3v) is 8.09. The van der Waals surface area contributed by atoms with E-state index in [0.717, 1.165) is 22.8 Å². The Morgan fingerprint density at radius 3 is 2.42 bits per heavy atom. The van der Waals surface area contributed by atoms with Crippen molar-refractivity contribution >= 4 is 29.3 Å². The van der Waals surface area contributed by atoms with Gasteiger partial charge < -0.3 is 15.4 Å². The molecule has 3 aromatic carbocycles. The highest BCUT2D eigenvalue weighted by molar-refractivity contribution is 7.98. The van der Waals surface area contributed by atoms with E-state index in [2.05, 4.69) is 80.8 Å². The molecule has 1 aliphatic rings. The number of nitrogens with one attached hydrogen (secondary N) is 2. The number of fused-ring (bicyclic) bond motifs is 1. The summed E-state index contributed by atoms with van der Waals surface area (Å²) in [6, 6.07) is 21.8. The Hall–Kier alpha value is -4.04. The second kappa shape index (κ2) is 11.6. The van der Waals surface area contributed by atoms with E-state index in [1.807, 2.05) is 35.9 Å². The first-order valence-electron chi connectivity index (χ1n) is 13.4. The molecule has 0 spiro atoms. The molecule has 2 N–H and O–H groups in total. The molecular weight excluding hydrogens is 518 g/mol. The van der Waals surface area contributed by atoms with Crippen LogP contribution in [0, 0.1) is 13.8 Å². The van der Waals surface area contributed by atoms with Crippen LogP contribution in [0.1, 0.15) is 60.5 Å². The van der Waals surface area contributed by atoms with E-state index in [0.29, 0.717) is 28.3 Å². The number of aromatic nitrogens is 3. The van der Waals surface area contributed by atoms with Crippen molar-refractivity contribution in [2.45, 2.75) is 57.5 Å². The van der Waals surface area contributed by atoms with E-state index in [1.54, 1.807) is 18.9 Å². The maximum absolute atomic E-state index is 13.8. The van der Waals surface area contributed by atoms with E-state index >= 15 is 0 Å². The number of carbonyl (C=O) groups excluding carboxylic acids is 1. The van der Waals surface area contributed by atoms with Crippen LogP contribution in [0.5, 0.6) is 5.75 Å². The maximum Gasteiger partial charge on any atom is 0.255 e. The van der Waals surface area contributed by atoms with Gasteiger partial charge >= 0.3 is 0 Å². The van der Waals surface area contributed by atoms with Crippen LogP contribution in [0.2, 0.25) is 0 Å². The van der Waals surface area contributed by atoms with Crippen LogP contribution in [0.25, 0.3) is 0 Å². The van der Waals surface area contributed by atoms with Gasteiger partial charge in [0.2, 0.25) is 11.1 Å². The van der Waals surface area contributed by atoms with Crippen LogP contribution < -0.4 is 15.4 Å². The first-order chi connectivity index (χ1) is 19.2. The summed E-state index contributed by atoms with van der Waals surface area (Å²) in [7, 11) is 1.62. The molecule has 1 aromatic heterocycles.